The van der Waals surface area contributed by atoms with Crippen LogP contribution in [-0.2, 0) is 0 Å². The van der Waals surface area contributed by atoms with Crippen LogP contribution in [0, 0.1) is 0 Å². The van der Waals surface area contributed by atoms with Crippen molar-refractivity contribution < 1.29 is 0 Å². The first-order valence-electron chi connectivity index (χ1n) is 6.74. The van der Waals surface area contributed by atoms with E-state index in [0.717, 1.165) is 18.9 Å². The fourth-order valence-corrected chi connectivity index (χ4v) is 2.37. The molecule has 2 heterocycles. The van der Waals surface area contributed by atoms with Crippen molar-refractivity contribution in [1.82, 2.24) is 4.98 Å². The van der Waals surface area contributed by atoms with Crippen molar-refractivity contribution in [1.29, 1.82) is 0 Å². The van der Waals surface area contributed by atoms with Gasteiger partial charge in [0.25, 0.3) is 0 Å². The Balaban J connectivity index is 2.10. The molecule has 3 nitrogen and oxygen atoms in total. The Morgan fingerprint density at radius 1 is 1.18 bits per heavy atom. The van der Waals surface area contributed by atoms with Gasteiger partial charge in [0.15, 0.2) is 0 Å². The van der Waals surface area contributed by atoms with E-state index in [1.807, 2.05) is 19.2 Å². The maximum atomic E-state index is 5.92. The number of nitrogens with zero attached hydrogens (tertiary/aromatic N) is 2. The molecule has 0 bridgehead atoms. The van der Waals surface area contributed by atoms with Crippen molar-refractivity contribution in [2.24, 2.45) is 5.73 Å². The Bertz CT molecular complexity index is 341. The molecule has 1 aromatic rings. The summed E-state index contributed by atoms with van der Waals surface area (Å²) in [5, 5.41) is 0. The van der Waals surface area contributed by atoms with Crippen LogP contribution in [0.25, 0.3) is 0 Å². The SMILES string of the molecule is C[C@@H](N)c1ccnc(N2CCCCCCC2)c1. The topological polar surface area (TPSA) is 42.1 Å². The van der Waals surface area contributed by atoms with E-state index in [4.69, 9.17) is 5.73 Å². The molecule has 1 atom stereocenters. The smallest absolute Gasteiger partial charge is 0.128 e. The summed E-state index contributed by atoms with van der Waals surface area (Å²) in [5.74, 6) is 1.10. The van der Waals surface area contributed by atoms with Crippen LogP contribution in [0.3, 0.4) is 0 Å². The summed E-state index contributed by atoms with van der Waals surface area (Å²) in [4.78, 5) is 6.90. The Labute approximate surface area is 104 Å². The minimum atomic E-state index is 0.0894. The van der Waals surface area contributed by atoms with Crippen molar-refractivity contribution in [2.75, 3.05) is 18.0 Å². The number of rotatable bonds is 2. The van der Waals surface area contributed by atoms with Crippen LogP contribution in [0.2, 0.25) is 0 Å². The standard InChI is InChI=1S/C14H23N3/c1-12(15)13-7-8-16-14(11-13)17-9-5-3-2-4-6-10-17/h7-8,11-12H,2-6,9-10,15H2,1H3/t12-/m1/s1. The van der Waals surface area contributed by atoms with E-state index in [1.165, 1.54) is 37.7 Å². The zero-order chi connectivity index (χ0) is 12.1. The number of aromatic nitrogens is 1. The highest BCUT2D eigenvalue weighted by atomic mass is 15.2. The molecule has 1 aromatic heterocycles. The Hall–Kier alpha value is -1.09. The largest absolute Gasteiger partial charge is 0.357 e. The average Bonchev–Trinajstić information content (AvgIpc) is 2.28. The lowest BCUT2D eigenvalue weighted by Gasteiger charge is -2.26. The van der Waals surface area contributed by atoms with Gasteiger partial charge in [0.05, 0.1) is 0 Å². The second kappa shape index (κ2) is 6.01. The third kappa shape index (κ3) is 3.43. The average molecular weight is 233 g/mol. The van der Waals surface area contributed by atoms with Gasteiger partial charge in [-0.1, -0.05) is 19.3 Å². The van der Waals surface area contributed by atoms with E-state index in [0.29, 0.717) is 0 Å². The van der Waals surface area contributed by atoms with Gasteiger partial charge in [-0.3, -0.25) is 0 Å². The van der Waals surface area contributed by atoms with Crippen LogP contribution in [0.1, 0.15) is 50.6 Å². The van der Waals surface area contributed by atoms with E-state index in [9.17, 15) is 0 Å². The molecule has 0 amide bonds. The highest BCUT2D eigenvalue weighted by Gasteiger charge is 2.11. The predicted octanol–water partition coefficient (Wildman–Crippen LogP) is 2.87. The number of hydrogen-bond acceptors (Lipinski definition) is 3. The van der Waals surface area contributed by atoms with Gasteiger partial charge in [0, 0.05) is 25.3 Å². The quantitative estimate of drug-likeness (QED) is 0.854. The molecule has 1 aliphatic heterocycles. The van der Waals surface area contributed by atoms with Gasteiger partial charge in [-0.2, -0.15) is 0 Å². The normalized spacial score (nSPS) is 19.5. The first kappa shape index (κ1) is 12.4. The fraction of sp³-hybridized carbons (Fsp3) is 0.643. The van der Waals surface area contributed by atoms with Crippen molar-refractivity contribution in [3.05, 3.63) is 23.9 Å². The summed E-state index contributed by atoms with van der Waals surface area (Å²) in [5.41, 5.74) is 7.10. The lowest BCUT2D eigenvalue weighted by Crippen LogP contribution is -2.28. The molecule has 0 aliphatic carbocycles. The fourth-order valence-electron chi connectivity index (χ4n) is 2.37. The molecule has 0 saturated carbocycles. The van der Waals surface area contributed by atoms with Gasteiger partial charge in [0.2, 0.25) is 0 Å². The number of hydrogen-bond donors (Lipinski definition) is 1. The molecule has 17 heavy (non-hydrogen) atoms. The minimum absolute atomic E-state index is 0.0894. The number of pyridine rings is 1. The van der Waals surface area contributed by atoms with Crippen LogP contribution in [0.4, 0.5) is 5.82 Å². The molecule has 2 N–H and O–H groups in total. The van der Waals surface area contributed by atoms with Crippen LogP contribution in [0.5, 0.6) is 0 Å². The summed E-state index contributed by atoms with van der Waals surface area (Å²) in [7, 11) is 0. The monoisotopic (exact) mass is 233 g/mol. The molecule has 1 fully saturated rings. The van der Waals surface area contributed by atoms with Crippen molar-refractivity contribution in [2.45, 2.75) is 45.1 Å². The third-order valence-electron chi connectivity index (χ3n) is 3.48. The molecule has 1 aliphatic rings. The summed E-state index contributed by atoms with van der Waals surface area (Å²) >= 11 is 0. The van der Waals surface area contributed by atoms with E-state index in [1.54, 1.807) is 0 Å². The number of nitrogens with two attached hydrogens (primary N) is 1. The van der Waals surface area contributed by atoms with Crippen molar-refractivity contribution in [3.8, 4) is 0 Å². The molecule has 0 spiro atoms. The van der Waals surface area contributed by atoms with Crippen LogP contribution < -0.4 is 10.6 Å². The molecule has 94 valence electrons. The Morgan fingerprint density at radius 3 is 2.47 bits per heavy atom. The van der Waals surface area contributed by atoms with Gasteiger partial charge >= 0.3 is 0 Å². The van der Waals surface area contributed by atoms with Crippen molar-refractivity contribution >= 4 is 5.82 Å². The molecule has 1 saturated heterocycles. The molecule has 0 aromatic carbocycles. The minimum Gasteiger partial charge on any atom is -0.357 e. The van der Waals surface area contributed by atoms with Crippen LogP contribution in [-0.4, -0.2) is 18.1 Å². The predicted molar refractivity (Wildman–Crippen MR) is 72.1 cm³/mol. The van der Waals surface area contributed by atoms with E-state index < -0.39 is 0 Å². The zero-order valence-corrected chi connectivity index (χ0v) is 10.7. The van der Waals surface area contributed by atoms with E-state index in [-0.39, 0.29) is 6.04 Å². The molecule has 3 heteroatoms. The maximum absolute atomic E-state index is 5.92. The van der Waals surface area contributed by atoms with Crippen LogP contribution >= 0.6 is 0 Å². The highest BCUT2D eigenvalue weighted by molar-refractivity contribution is 5.41. The molecule has 2 rings (SSSR count). The summed E-state index contributed by atoms with van der Waals surface area (Å²) in [6.07, 6.45) is 8.54. The highest BCUT2D eigenvalue weighted by Crippen LogP contribution is 2.20. The van der Waals surface area contributed by atoms with Crippen molar-refractivity contribution in [3.63, 3.8) is 0 Å². The molecule has 0 radical (unpaired) electrons. The second-order valence-electron chi connectivity index (χ2n) is 4.99. The Kier molecular flexibility index (Phi) is 4.37. The lowest BCUT2D eigenvalue weighted by atomic mass is 10.1. The zero-order valence-electron chi connectivity index (χ0n) is 10.7. The summed E-state index contributed by atoms with van der Waals surface area (Å²) in [6, 6.07) is 4.25. The Morgan fingerprint density at radius 2 is 1.82 bits per heavy atom. The molecular weight excluding hydrogens is 210 g/mol. The number of anilines is 1. The second-order valence-corrected chi connectivity index (χ2v) is 4.99. The van der Waals surface area contributed by atoms with Gasteiger partial charge in [-0.15, -0.1) is 0 Å². The van der Waals surface area contributed by atoms with E-state index in [2.05, 4.69) is 16.0 Å². The first-order chi connectivity index (χ1) is 8.27. The summed E-state index contributed by atoms with van der Waals surface area (Å²) in [6.45, 7) is 4.29. The third-order valence-corrected chi connectivity index (χ3v) is 3.48. The van der Waals surface area contributed by atoms with Gasteiger partial charge < -0.3 is 10.6 Å². The van der Waals surface area contributed by atoms with Crippen LogP contribution in [0.15, 0.2) is 18.3 Å². The summed E-state index contributed by atoms with van der Waals surface area (Å²) < 4.78 is 0. The van der Waals surface area contributed by atoms with Gasteiger partial charge in [-0.05, 0) is 37.5 Å². The first-order valence-corrected chi connectivity index (χ1v) is 6.74. The van der Waals surface area contributed by atoms with Gasteiger partial charge in [0.1, 0.15) is 5.82 Å². The molecular formula is C14H23N3. The van der Waals surface area contributed by atoms with E-state index >= 15 is 0 Å². The molecule has 0 unspecified atom stereocenters. The maximum Gasteiger partial charge on any atom is 0.128 e. The lowest BCUT2D eigenvalue weighted by molar-refractivity contribution is 0.553. The van der Waals surface area contributed by atoms with Gasteiger partial charge in [-0.25, -0.2) is 4.98 Å².